The number of benzene rings is 2. The number of thioether (sulfide) groups is 1. The van der Waals surface area contributed by atoms with Gasteiger partial charge in [-0.1, -0.05) is 36.0 Å². The Bertz CT molecular complexity index is 937. The van der Waals surface area contributed by atoms with Gasteiger partial charge in [0.1, 0.15) is 5.82 Å². The number of hydrogen-bond donors (Lipinski definition) is 1. The molecule has 2 aromatic carbocycles. The molecule has 1 amide bonds. The number of rotatable bonds is 6. The van der Waals surface area contributed by atoms with Crippen molar-refractivity contribution in [2.24, 2.45) is 0 Å². The number of aromatic nitrogens is 2. The Kier molecular flexibility index (Phi) is 5.96. The number of nitrogens with one attached hydrogen (secondary N) is 1. The lowest BCUT2D eigenvalue weighted by molar-refractivity contribution is -0.119. The Morgan fingerprint density at radius 2 is 1.96 bits per heavy atom. The van der Waals surface area contributed by atoms with E-state index in [1.807, 2.05) is 17.7 Å². The van der Waals surface area contributed by atoms with E-state index in [-0.39, 0.29) is 23.5 Å². The molecule has 3 aromatic rings. The zero-order valence-electron chi connectivity index (χ0n) is 15.6. The first-order valence-electron chi connectivity index (χ1n) is 8.72. The summed E-state index contributed by atoms with van der Waals surface area (Å²) >= 11 is 1.39. The fourth-order valence-corrected chi connectivity index (χ4v) is 3.58. The summed E-state index contributed by atoms with van der Waals surface area (Å²) in [5, 5.41) is 3.71. The molecule has 0 spiro atoms. The highest BCUT2D eigenvalue weighted by Crippen LogP contribution is 2.23. The molecule has 1 aromatic heterocycles. The maximum atomic E-state index is 13.0. The van der Waals surface area contributed by atoms with Crippen molar-refractivity contribution in [3.8, 4) is 5.69 Å². The molecule has 0 saturated heterocycles. The highest BCUT2D eigenvalue weighted by atomic mass is 32.2. The first-order valence-corrected chi connectivity index (χ1v) is 9.71. The van der Waals surface area contributed by atoms with Gasteiger partial charge in [0.2, 0.25) is 5.91 Å². The van der Waals surface area contributed by atoms with E-state index >= 15 is 0 Å². The van der Waals surface area contributed by atoms with Gasteiger partial charge in [0, 0.05) is 12.4 Å². The van der Waals surface area contributed by atoms with Crippen molar-refractivity contribution in [1.82, 2.24) is 14.9 Å². The smallest absolute Gasteiger partial charge is 0.230 e. The average Bonchev–Trinajstić information content (AvgIpc) is 3.11. The van der Waals surface area contributed by atoms with Crippen molar-refractivity contribution >= 4 is 17.7 Å². The van der Waals surface area contributed by atoms with Crippen LogP contribution in [0.4, 0.5) is 4.39 Å². The molecule has 6 heteroatoms. The van der Waals surface area contributed by atoms with Crippen LogP contribution in [0.2, 0.25) is 0 Å². The van der Waals surface area contributed by atoms with Crippen LogP contribution >= 0.6 is 11.8 Å². The van der Waals surface area contributed by atoms with Gasteiger partial charge in [0.15, 0.2) is 5.16 Å². The van der Waals surface area contributed by atoms with Gasteiger partial charge >= 0.3 is 0 Å². The Morgan fingerprint density at radius 3 is 2.70 bits per heavy atom. The molecule has 27 heavy (non-hydrogen) atoms. The lowest BCUT2D eigenvalue weighted by atomic mass is 10.1. The molecule has 0 radical (unpaired) electrons. The van der Waals surface area contributed by atoms with Crippen LogP contribution in [0.15, 0.2) is 60.0 Å². The summed E-state index contributed by atoms with van der Waals surface area (Å²) in [6.07, 6.45) is 3.65. The molecule has 0 fully saturated rings. The fourth-order valence-electron chi connectivity index (χ4n) is 2.81. The predicted molar refractivity (Wildman–Crippen MR) is 107 cm³/mol. The van der Waals surface area contributed by atoms with Crippen LogP contribution in [0.25, 0.3) is 5.69 Å². The van der Waals surface area contributed by atoms with E-state index in [4.69, 9.17) is 0 Å². The monoisotopic (exact) mass is 383 g/mol. The molecule has 0 bridgehead atoms. The number of aryl methyl sites for hydroxylation is 2. The van der Waals surface area contributed by atoms with Crippen LogP contribution < -0.4 is 5.32 Å². The zero-order chi connectivity index (χ0) is 19.4. The van der Waals surface area contributed by atoms with E-state index in [1.54, 1.807) is 18.3 Å². The maximum absolute atomic E-state index is 13.0. The molecule has 0 aliphatic carbocycles. The summed E-state index contributed by atoms with van der Waals surface area (Å²) in [4.78, 5) is 16.7. The number of carbonyl (C=O) groups is 1. The second-order valence-electron chi connectivity index (χ2n) is 6.50. The molecule has 0 aliphatic heterocycles. The molecule has 1 N–H and O–H groups in total. The van der Waals surface area contributed by atoms with E-state index < -0.39 is 0 Å². The van der Waals surface area contributed by atoms with Crippen LogP contribution in [-0.4, -0.2) is 21.2 Å². The SMILES string of the molecule is Cc1ccc(C)c(-n2ccnc2SCC(=O)NC(C)c2ccc(F)cc2)c1. The van der Waals surface area contributed by atoms with E-state index in [1.165, 1.54) is 29.5 Å². The number of imidazole rings is 1. The standard InChI is InChI=1S/C21H22FN3OS/c1-14-4-5-15(2)19(12-14)25-11-10-23-21(25)27-13-20(26)24-16(3)17-6-8-18(22)9-7-17/h4-12,16H,13H2,1-3H3,(H,24,26). The third-order valence-corrected chi connectivity index (χ3v) is 5.28. The van der Waals surface area contributed by atoms with Crippen LogP contribution in [0.5, 0.6) is 0 Å². The number of hydrogen-bond acceptors (Lipinski definition) is 3. The molecule has 3 rings (SSSR count). The summed E-state index contributed by atoms with van der Waals surface area (Å²) in [7, 11) is 0. The fraction of sp³-hybridized carbons (Fsp3) is 0.238. The minimum atomic E-state index is -0.286. The minimum Gasteiger partial charge on any atom is -0.349 e. The largest absolute Gasteiger partial charge is 0.349 e. The van der Waals surface area contributed by atoms with Crippen molar-refractivity contribution in [2.45, 2.75) is 32.0 Å². The highest BCUT2D eigenvalue weighted by Gasteiger charge is 2.13. The number of carbonyl (C=O) groups excluding carboxylic acids is 1. The van der Waals surface area contributed by atoms with Crippen molar-refractivity contribution in [1.29, 1.82) is 0 Å². The van der Waals surface area contributed by atoms with Gasteiger partial charge in [-0.3, -0.25) is 9.36 Å². The molecule has 4 nitrogen and oxygen atoms in total. The van der Waals surface area contributed by atoms with Crippen LogP contribution in [-0.2, 0) is 4.79 Å². The average molecular weight is 383 g/mol. The van der Waals surface area contributed by atoms with Crippen LogP contribution in [0, 0.1) is 19.7 Å². The predicted octanol–water partition coefficient (Wildman–Crippen LogP) is 4.60. The van der Waals surface area contributed by atoms with E-state index in [0.717, 1.165) is 22.0 Å². The second-order valence-corrected chi connectivity index (χ2v) is 7.44. The van der Waals surface area contributed by atoms with Crippen molar-refractivity contribution in [2.75, 3.05) is 5.75 Å². The van der Waals surface area contributed by atoms with Crippen molar-refractivity contribution < 1.29 is 9.18 Å². The number of amides is 1. The van der Waals surface area contributed by atoms with Gasteiger partial charge < -0.3 is 5.32 Å². The second kappa shape index (κ2) is 8.39. The summed E-state index contributed by atoms with van der Waals surface area (Å²) in [6.45, 7) is 5.99. The first kappa shape index (κ1) is 19.2. The van der Waals surface area contributed by atoms with Crippen molar-refractivity contribution in [3.63, 3.8) is 0 Å². The minimum absolute atomic E-state index is 0.0904. The highest BCUT2D eigenvalue weighted by molar-refractivity contribution is 7.99. The van der Waals surface area contributed by atoms with Gasteiger partial charge in [-0.2, -0.15) is 0 Å². The van der Waals surface area contributed by atoms with Gasteiger partial charge in [-0.25, -0.2) is 9.37 Å². The van der Waals surface area contributed by atoms with Crippen LogP contribution in [0.3, 0.4) is 0 Å². The molecule has 1 heterocycles. The van der Waals surface area contributed by atoms with E-state index in [9.17, 15) is 9.18 Å². The molecule has 0 aliphatic rings. The van der Waals surface area contributed by atoms with Gasteiger partial charge in [0.05, 0.1) is 17.5 Å². The first-order chi connectivity index (χ1) is 12.9. The third-order valence-electron chi connectivity index (χ3n) is 4.31. The molecule has 1 atom stereocenters. The molecular formula is C21H22FN3OS. The van der Waals surface area contributed by atoms with Crippen LogP contribution in [0.1, 0.15) is 29.7 Å². The molecular weight excluding hydrogens is 361 g/mol. The molecule has 0 saturated carbocycles. The van der Waals surface area contributed by atoms with Gasteiger partial charge in [-0.15, -0.1) is 0 Å². The number of nitrogens with zero attached hydrogens (tertiary/aromatic N) is 2. The Morgan fingerprint density at radius 1 is 1.22 bits per heavy atom. The topological polar surface area (TPSA) is 46.9 Å². The number of halogens is 1. The zero-order valence-corrected chi connectivity index (χ0v) is 16.4. The normalized spacial score (nSPS) is 12.0. The summed E-state index contributed by atoms with van der Waals surface area (Å²) in [5.41, 5.74) is 4.25. The Labute approximate surface area is 162 Å². The quantitative estimate of drug-likeness (QED) is 0.633. The summed E-state index contributed by atoms with van der Waals surface area (Å²) < 4.78 is 15.0. The Balaban J connectivity index is 1.64. The maximum Gasteiger partial charge on any atom is 0.230 e. The van der Waals surface area contributed by atoms with E-state index in [2.05, 4.69) is 42.3 Å². The van der Waals surface area contributed by atoms with Gasteiger partial charge in [-0.05, 0) is 55.7 Å². The van der Waals surface area contributed by atoms with E-state index in [0.29, 0.717) is 0 Å². The lowest BCUT2D eigenvalue weighted by Gasteiger charge is -2.15. The Hall–Kier alpha value is -2.60. The summed E-state index contributed by atoms with van der Waals surface area (Å²) in [5.74, 6) is -0.119. The molecule has 140 valence electrons. The van der Waals surface area contributed by atoms with Crippen molar-refractivity contribution in [3.05, 3.63) is 77.4 Å². The third kappa shape index (κ3) is 4.77. The molecule has 1 unspecified atom stereocenters. The summed E-state index contributed by atoms with van der Waals surface area (Å²) in [6, 6.07) is 12.2. The van der Waals surface area contributed by atoms with Gasteiger partial charge in [0.25, 0.3) is 0 Å². The lowest BCUT2D eigenvalue weighted by Crippen LogP contribution is -2.28.